The molecule has 4 rings (SSSR count). The zero-order chi connectivity index (χ0) is 15.6. The zero-order valence-electron chi connectivity index (χ0n) is 12.9. The van der Waals surface area contributed by atoms with Crippen LogP contribution in [0.5, 0.6) is 0 Å². The van der Waals surface area contributed by atoms with E-state index >= 15 is 0 Å². The summed E-state index contributed by atoms with van der Waals surface area (Å²) in [6.45, 7) is 2.50. The van der Waals surface area contributed by atoms with Crippen LogP contribution in [-0.4, -0.2) is 15.1 Å². The Morgan fingerprint density at radius 1 is 1.26 bits per heavy atom. The maximum absolute atomic E-state index is 5.83. The molecule has 0 radical (unpaired) electrons. The summed E-state index contributed by atoms with van der Waals surface area (Å²) >= 11 is 0. The second kappa shape index (κ2) is 5.96. The largest absolute Gasteiger partial charge is 0.439 e. The van der Waals surface area contributed by atoms with Crippen LogP contribution in [0.15, 0.2) is 45.5 Å². The van der Waals surface area contributed by atoms with Crippen LogP contribution in [0.25, 0.3) is 11.3 Å². The van der Waals surface area contributed by atoms with E-state index in [1.54, 1.807) is 6.20 Å². The van der Waals surface area contributed by atoms with Gasteiger partial charge in [0.1, 0.15) is 0 Å². The van der Waals surface area contributed by atoms with Gasteiger partial charge in [0, 0.05) is 11.5 Å². The first-order chi connectivity index (χ1) is 11.3. The summed E-state index contributed by atoms with van der Waals surface area (Å²) in [7, 11) is 0. The van der Waals surface area contributed by atoms with Crippen molar-refractivity contribution in [3.63, 3.8) is 0 Å². The summed E-state index contributed by atoms with van der Waals surface area (Å²) < 4.78 is 11.1. The minimum Gasteiger partial charge on any atom is -0.439 e. The van der Waals surface area contributed by atoms with Crippen molar-refractivity contribution in [1.29, 1.82) is 0 Å². The minimum absolute atomic E-state index is 0.0382. The van der Waals surface area contributed by atoms with E-state index in [2.05, 4.69) is 20.4 Å². The highest BCUT2D eigenvalue weighted by Gasteiger charge is 2.28. The van der Waals surface area contributed by atoms with Crippen LogP contribution in [0.4, 0.5) is 0 Å². The zero-order valence-corrected chi connectivity index (χ0v) is 12.9. The molecule has 1 saturated carbocycles. The molecular weight excluding hydrogens is 292 g/mol. The first-order valence-electron chi connectivity index (χ1n) is 7.86. The van der Waals surface area contributed by atoms with E-state index in [1.807, 2.05) is 37.3 Å². The molecule has 0 bridgehead atoms. The summed E-state index contributed by atoms with van der Waals surface area (Å²) in [6.07, 6.45) is 4.09. The van der Waals surface area contributed by atoms with Gasteiger partial charge < -0.3 is 8.94 Å². The van der Waals surface area contributed by atoms with Gasteiger partial charge in [-0.1, -0.05) is 35.5 Å². The number of aromatic nitrogens is 3. The van der Waals surface area contributed by atoms with Gasteiger partial charge in [-0.25, -0.2) is 4.98 Å². The predicted octanol–water partition coefficient (Wildman–Crippen LogP) is 3.45. The first kappa shape index (κ1) is 14.1. The molecule has 0 saturated heterocycles. The van der Waals surface area contributed by atoms with Crippen molar-refractivity contribution >= 4 is 0 Å². The lowest BCUT2D eigenvalue weighted by molar-refractivity contribution is 0.345. The third-order valence-electron chi connectivity index (χ3n) is 3.94. The molecule has 2 aromatic heterocycles. The molecule has 1 atom stereocenters. The molecule has 23 heavy (non-hydrogen) atoms. The average molecular weight is 310 g/mol. The van der Waals surface area contributed by atoms with Gasteiger partial charge in [0.05, 0.1) is 18.8 Å². The van der Waals surface area contributed by atoms with Crippen LogP contribution in [0.1, 0.15) is 49.3 Å². The number of nitrogens with zero attached hydrogens (tertiary/aromatic N) is 3. The van der Waals surface area contributed by atoms with E-state index in [0.717, 1.165) is 17.1 Å². The molecule has 1 aromatic carbocycles. The van der Waals surface area contributed by atoms with Gasteiger partial charge in [-0.3, -0.25) is 5.32 Å². The van der Waals surface area contributed by atoms with Gasteiger partial charge in [-0.05, 0) is 19.8 Å². The smallest absolute Gasteiger partial charge is 0.240 e. The maximum Gasteiger partial charge on any atom is 0.240 e. The molecule has 3 aromatic rings. The summed E-state index contributed by atoms with van der Waals surface area (Å²) in [5, 5.41) is 7.31. The fourth-order valence-electron chi connectivity index (χ4n) is 2.40. The Labute approximate surface area is 133 Å². The molecule has 1 aliphatic rings. The molecule has 1 fully saturated rings. The number of nitrogens with one attached hydrogen (secondary N) is 1. The Balaban J connectivity index is 1.38. The van der Waals surface area contributed by atoms with Crippen LogP contribution in [0.3, 0.4) is 0 Å². The number of hydrogen-bond donors (Lipinski definition) is 1. The van der Waals surface area contributed by atoms with Crippen LogP contribution in [0.2, 0.25) is 0 Å². The van der Waals surface area contributed by atoms with Gasteiger partial charge in [0.25, 0.3) is 0 Å². The van der Waals surface area contributed by atoms with Gasteiger partial charge in [0.15, 0.2) is 11.6 Å². The normalized spacial score (nSPS) is 15.7. The van der Waals surface area contributed by atoms with Crippen molar-refractivity contribution in [1.82, 2.24) is 20.4 Å². The topological polar surface area (TPSA) is 77.0 Å². The molecule has 6 heteroatoms. The SMILES string of the molecule is CC(NCc1nc(C2CC2)no1)c1ncc(-c2ccccc2)o1. The lowest BCUT2D eigenvalue weighted by Gasteiger charge is -2.07. The molecule has 0 aliphatic heterocycles. The molecule has 0 amide bonds. The fourth-order valence-corrected chi connectivity index (χ4v) is 2.40. The van der Waals surface area contributed by atoms with Gasteiger partial charge in [-0.15, -0.1) is 0 Å². The highest BCUT2D eigenvalue weighted by atomic mass is 16.5. The van der Waals surface area contributed by atoms with Crippen molar-refractivity contribution < 1.29 is 8.94 Å². The molecule has 6 nitrogen and oxygen atoms in total. The van der Waals surface area contributed by atoms with Gasteiger partial charge >= 0.3 is 0 Å². The molecule has 2 heterocycles. The third kappa shape index (κ3) is 3.17. The lowest BCUT2D eigenvalue weighted by Crippen LogP contribution is -2.18. The summed E-state index contributed by atoms with van der Waals surface area (Å²) in [6, 6.07) is 9.90. The second-order valence-electron chi connectivity index (χ2n) is 5.85. The lowest BCUT2D eigenvalue weighted by atomic mass is 10.2. The van der Waals surface area contributed by atoms with Crippen LogP contribution in [-0.2, 0) is 6.54 Å². The van der Waals surface area contributed by atoms with Crippen LogP contribution >= 0.6 is 0 Å². The molecule has 1 N–H and O–H groups in total. The Morgan fingerprint density at radius 2 is 2.09 bits per heavy atom. The standard InChI is InChI=1S/C17H18N4O2/c1-11(18-10-15-20-16(21-23-15)13-7-8-13)17-19-9-14(22-17)12-5-3-2-4-6-12/h2-6,9,11,13,18H,7-8,10H2,1H3. The van der Waals surface area contributed by atoms with E-state index in [0.29, 0.717) is 24.2 Å². The molecular formula is C17H18N4O2. The molecule has 1 unspecified atom stereocenters. The van der Waals surface area contributed by atoms with Crippen LogP contribution < -0.4 is 5.32 Å². The van der Waals surface area contributed by atoms with E-state index < -0.39 is 0 Å². The van der Waals surface area contributed by atoms with Crippen molar-refractivity contribution in [3.8, 4) is 11.3 Å². The van der Waals surface area contributed by atoms with Crippen molar-refractivity contribution in [2.45, 2.75) is 38.3 Å². The fraction of sp³-hybridized carbons (Fsp3) is 0.353. The van der Waals surface area contributed by atoms with E-state index in [9.17, 15) is 0 Å². The van der Waals surface area contributed by atoms with E-state index in [4.69, 9.17) is 8.94 Å². The van der Waals surface area contributed by atoms with Gasteiger partial charge in [-0.2, -0.15) is 4.98 Å². The summed E-state index contributed by atoms with van der Waals surface area (Å²) in [5.74, 6) is 3.35. The Morgan fingerprint density at radius 3 is 2.87 bits per heavy atom. The van der Waals surface area contributed by atoms with Crippen molar-refractivity contribution in [2.24, 2.45) is 0 Å². The average Bonchev–Trinajstić information content (AvgIpc) is 3.14. The highest BCUT2D eigenvalue weighted by molar-refractivity contribution is 5.55. The Bertz CT molecular complexity index is 777. The highest BCUT2D eigenvalue weighted by Crippen LogP contribution is 2.38. The number of hydrogen-bond acceptors (Lipinski definition) is 6. The summed E-state index contributed by atoms with van der Waals surface area (Å²) in [4.78, 5) is 8.75. The van der Waals surface area contributed by atoms with E-state index in [-0.39, 0.29) is 6.04 Å². The Hall–Kier alpha value is -2.47. The second-order valence-corrected chi connectivity index (χ2v) is 5.85. The van der Waals surface area contributed by atoms with Crippen LogP contribution in [0, 0.1) is 0 Å². The molecule has 1 aliphatic carbocycles. The number of oxazole rings is 1. The predicted molar refractivity (Wildman–Crippen MR) is 83.5 cm³/mol. The third-order valence-corrected chi connectivity index (χ3v) is 3.94. The Kier molecular flexibility index (Phi) is 3.67. The van der Waals surface area contributed by atoms with Crippen molar-refractivity contribution in [3.05, 3.63) is 54.1 Å². The monoisotopic (exact) mass is 310 g/mol. The number of benzene rings is 1. The first-order valence-corrected chi connectivity index (χ1v) is 7.86. The van der Waals surface area contributed by atoms with Crippen molar-refractivity contribution in [2.75, 3.05) is 0 Å². The summed E-state index contributed by atoms with van der Waals surface area (Å²) in [5.41, 5.74) is 1.02. The molecule has 118 valence electrons. The van der Waals surface area contributed by atoms with E-state index in [1.165, 1.54) is 12.8 Å². The van der Waals surface area contributed by atoms with Gasteiger partial charge in [0.2, 0.25) is 11.8 Å². The maximum atomic E-state index is 5.83. The quantitative estimate of drug-likeness (QED) is 0.751. The molecule has 0 spiro atoms. The minimum atomic E-state index is -0.0382. The number of rotatable bonds is 6.